The van der Waals surface area contributed by atoms with Gasteiger partial charge in [0.25, 0.3) is 0 Å². The highest BCUT2D eigenvalue weighted by molar-refractivity contribution is 5.86. The Bertz CT molecular complexity index is 335. The maximum Gasteiger partial charge on any atom is 0.358 e. The first kappa shape index (κ1) is 12.5. The van der Waals surface area contributed by atoms with Crippen molar-refractivity contribution >= 4 is 5.97 Å². The molecule has 0 aliphatic carbocycles. The van der Waals surface area contributed by atoms with Crippen LogP contribution in [0.3, 0.4) is 0 Å². The van der Waals surface area contributed by atoms with E-state index in [1.165, 1.54) is 19.5 Å². The summed E-state index contributed by atoms with van der Waals surface area (Å²) in [6, 6.07) is 0. The van der Waals surface area contributed by atoms with E-state index in [1.54, 1.807) is 14.2 Å². The first-order chi connectivity index (χ1) is 7.71. The van der Waals surface area contributed by atoms with Gasteiger partial charge in [0.1, 0.15) is 0 Å². The molecule has 0 saturated heterocycles. The van der Waals surface area contributed by atoms with Crippen LogP contribution in [-0.4, -0.2) is 43.6 Å². The van der Waals surface area contributed by atoms with Crippen molar-refractivity contribution in [1.82, 2.24) is 9.97 Å². The Morgan fingerprint density at radius 2 is 1.94 bits per heavy atom. The number of nitrogens with zero attached hydrogens (tertiary/aromatic N) is 2. The number of carbonyl (C=O) groups is 1. The van der Waals surface area contributed by atoms with Gasteiger partial charge in [0.2, 0.25) is 0 Å². The maximum absolute atomic E-state index is 11.1. The van der Waals surface area contributed by atoms with Crippen molar-refractivity contribution in [2.45, 2.75) is 12.7 Å². The third-order valence-corrected chi connectivity index (χ3v) is 2.00. The van der Waals surface area contributed by atoms with Gasteiger partial charge in [0, 0.05) is 26.8 Å². The van der Waals surface area contributed by atoms with Gasteiger partial charge >= 0.3 is 5.97 Å². The molecule has 0 N–H and O–H groups in total. The van der Waals surface area contributed by atoms with Gasteiger partial charge in [-0.3, -0.25) is 4.98 Å². The predicted molar refractivity (Wildman–Crippen MR) is 54.9 cm³/mol. The van der Waals surface area contributed by atoms with Crippen LogP contribution in [0.4, 0.5) is 0 Å². The van der Waals surface area contributed by atoms with E-state index in [1.807, 2.05) is 0 Å². The van der Waals surface area contributed by atoms with Gasteiger partial charge in [-0.25, -0.2) is 9.78 Å². The lowest BCUT2D eigenvalue weighted by Gasteiger charge is -2.12. The van der Waals surface area contributed by atoms with Gasteiger partial charge in [-0.2, -0.15) is 0 Å². The van der Waals surface area contributed by atoms with E-state index in [4.69, 9.17) is 9.47 Å². The summed E-state index contributed by atoms with van der Waals surface area (Å²) in [6.45, 7) is 0. The van der Waals surface area contributed by atoms with Gasteiger partial charge in [-0.15, -0.1) is 0 Å². The number of hydrogen-bond acceptors (Lipinski definition) is 6. The van der Waals surface area contributed by atoms with Crippen LogP contribution in [-0.2, 0) is 20.6 Å². The van der Waals surface area contributed by atoms with E-state index < -0.39 is 5.97 Å². The molecule has 0 aliphatic heterocycles. The summed E-state index contributed by atoms with van der Waals surface area (Å²) in [6.07, 6.45) is 2.97. The molecule has 0 fully saturated rings. The molecule has 0 amide bonds. The van der Waals surface area contributed by atoms with Gasteiger partial charge in [-0.05, 0) is 0 Å². The topological polar surface area (TPSA) is 70.5 Å². The molecule has 1 rings (SSSR count). The van der Waals surface area contributed by atoms with Crippen LogP contribution in [0.5, 0.6) is 0 Å². The Morgan fingerprint density at radius 1 is 1.25 bits per heavy atom. The second-order valence-corrected chi connectivity index (χ2v) is 2.99. The number of esters is 1. The van der Waals surface area contributed by atoms with Crippen LogP contribution in [0.2, 0.25) is 0 Å². The Labute approximate surface area is 93.6 Å². The lowest BCUT2D eigenvalue weighted by molar-refractivity contribution is -0.101. The third kappa shape index (κ3) is 3.25. The summed E-state index contributed by atoms with van der Waals surface area (Å²) in [7, 11) is 4.39. The second-order valence-electron chi connectivity index (χ2n) is 2.99. The second kappa shape index (κ2) is 6.14. The predicted octanol–water partition coefficient (Wildman–Crippen LogP) is 0.425. The Hall–Kier alpha value is -1.53. The molecule has 6 heteroatoms. The fraction of sp³-hybridized carbons (Fsp3) is 0.500. The molecule has 6 nitrogen and oxygen atoms in total. The third-order valence-electron chi connectivity index (χ3n) is 2.00. The summed E-state index contributed by atoms with van der Waals surface area (Å²) < 4.78 is 14.6. The first-order valence-electron chi connectivity index (χ1n) is 4.66. The Balaban J connectivity index is 2.67. The average Bonchev–Trinajstić information content (AvgIpc) is 2.35. The Morgan fingerprint density at radius 3 is 2.38 bits per heavy atom. The first-order valence-corrected chi connectivity index (χ1v) is 4.66. The van der Waals surface area contributed by atoms with Crippen LogP contribution in [0.15, 0.2) is 12.4 Å². The molecular formula is C10H14N2O4. The zero-order chi connectivity index (χ0) is 12.0. The summed E-state index contributed by atoms with van der Waals surface area (Å²) in [5.74, 6) is -0.505. The van der Waals surface area contributed by atoms with Crippen molar-refractivity contribution in [3.63, 3.8) is 0 Å². The van der Waals surface area contributed by atoms with E-state index >= 15 is 0 Å². The molecule has 88 valence electrons. The summed E-state index contributed by atoms with van der Waals surface area (Å²) in [5.41, 5.74) is 0.860. The Kier molecular flexibility index (Phi) is 4.81. The molecule has 16 heavy (non-hydrogen) atoms. The van der Waals surface area contributed by atoms with E-state index in [-0.39, 0.29) is 12.0 Å². The van der Waals surface area contributed by atoms with E-state index in [0.717, 1.165) is 0 Å². The molecule has 1 aromatic heterocycles. The summed E-state index contributed by atoms with van der Waals surface area (Å²) in [5, 5.41) is 0. The van der Waals surface area contributed by atoms with Crippen LogP contribution >= 0.6 is 0 Å². The van der Waals surface area contributed by atoms with Crippen molar-refractivity contribution in [3.05, 3.63) is 23.8 Å². The number of hydrogen-bond donors (Lipinski definition) is 0. The van der Waals surface area contributed by atoms with Gasteiger partial charge < -0.3 is 14.2 Å². The average molecular weight is 226 g/mol. The van der Waals surface area contributed by atoms with E-state index in [0.29, 0.717) is 12.1 Å². The standard InChI is InChI=1S/C10H14N2O4/c1-14-9(15-2)4-7-5-12-8(6-11-7)10(13)16-3/h5-6,9H,4H2,1-3H3. The van der Waals surface area contributed by atoms with E-state index in [9.17, 15) is 4.79 Å². The normalized spacial score (nSPS) is 10.5. The fourth-order valence-electron chi connectivity index (χ4n) is 1.10. The summed E-state index contributed by atoms with van der Waals surface area (Å²) in [4.78, 5) is 19.1. The monoisotopic (exact) mass is 226 g/mol. The quantitative estimate of drug-likeness (QED) is 0.535. The molecule has 1 heterocycles. The van der Waals surface area contributed by atoms with Crippen LogP contribution in [0.1, 0.15) is 16.2 Å². The zero-order valence-corrected chi connectivity index (χ0v) is 9.47. The number of aromatic nitrogens is 2. The maximum atomic E-state index is 11.1. The minimum Gasteiger partial charge on any atom is -0.464 e. The van der Waals surface area contributed by atoms with Crippen molar-refractivity contribution in [1.29, 1.82) is 0 Å². The van der Waals surface area contributed by atoms with Crippen LogP contribution in [0.25, 0.3) is 0 Å². The molecule has 0 radical (unpaired) electrons. The van der Waals surface area contributed by atoms with Crippen molar-refractivity contribution in [2.75, 3.05) is 21.3 Å². The van der Waals surface area contributed by atoms with Gasteiger partial charge in [0.05, 0.1) is 19.0 Å². The number of carbonyl (C=O) groups excluding carboxylic acids is 1. The van der Waals surface area contributed by atoms with Gasteiger partial charge in [-0.1, -0.05) is 0 Å². The SMILES string of the molecule is COC(=O)c1cnc(CC(OC)OC)cn1. The van der Waals surface area contributed by atoms with Crippen molar-refractivity contribution in [3.8, 4) is 0 Å². The highest BCUT2D eigenvalue weighted by atomic mass is 16.7. The number of methoxy groups -OCH3 is 3. The van der Waals surface area contributed by atoms with Crippen LogP contribution in [0, 0.1) is 0 Å². The number of rotatable bonds is 5. The van der Waals surface area contributed by atoms with Crippen molar-refractivity contribution < 1.29 is 19.0 Å². The molecule has 0 bridgehead atoms. The molecule has 0 atom stereocenters. The summed E-state index contributed by atoms with van der Waals surface area (Å²) >= 11 is 0. The minimum atomic E-state index is -0.505. The lowest BCUT2D eigenvalue weighted by Crippen LogP contribution is -2.17. The molecule has 0 saturated carbocycles. The minimum absolute atomic E-state index is 0.178. The largest absolute Gasteiger partial charge is 0.464 e. The lowest BCUT2D eigenvalue weighted by atomic mass is 10.3. The molecule has 0 unspecified atom stereocenters. The fourth-order valence-corrected chi connectivity index (χ4v) is 1.10. The molecular weight excluding hydrogens is 212 g/mol. The highest BCUT2D eigenvalue weighted by Gasteiger charge is 2.10. The smallest absolute Gasteiger partial charge is 0.358 e. The molecule has 0 spiro atoms. The molecule has 0 aromatic carbocycles. The molecule has 1 aromatic rings. The van der Waals surface area contributed by atoms with E-state index in [2.05, 4.69) is 14.7 Å². The highest BCUT2D eigenvalue weighted by Crippen LogP contribution is 2.03. The van der Waals surface area contributed by atoms with Crippen LogP contribution < -0.4 is 0 Å². The van der Waals surface area contributed by atoms with Crippen molar-refractivity contribution in [2.24, 2.45) is 0 Å². The molecule has 0 aliphatic rings. The van der Waals surface area contributed by atoms with Gasteiger partial charge in [0.15, 0.2) is 12.0 Å². The number of ether oxygens (including phenoxy) is 3. The zero-order valence-electron chi connectivity index (χ0n) is 9.47.